The van der Waals surface area contributed by atoms with Crippen LogP contribution in [0.1, 0.15) is 34.9 Å². The second kappa shape index (κ2) is 9.06. The molecule has 1 amide bonds. The standard InChI is InChI=1S/C22H20BrF2N3O2/c23-15-5-3-14(4-6-15)21-12-19(27-30-21)22(29)26-13-20(28-9-1-2-10-28)17-8-7-16(24)11-18(17)25/h3-8,11-12,20H,1-2,9-10,13H2,(H,26,29)/t20-/m0/s1. The Bertz CT molecular complexity index is 1030. The molecular formula is C22H20BrF2N3O2. The van der Waals surface area contributed by atoms with Crippen LogP contribution in [0.4, 0.5) is 8.78 Å². The van der Waals surface area contributed by atoms with Crippen LogP contribution in [0.25, 0.3) is 11.3 Å². The molecule has 2 heterocycles. The van der Waals surface area contributed by atoms with Crippen molar-refractivity contribution in [1.82, 2.24) is 15.4 Å². The third-order valence-corrected chi connectivity index (χ3v) is 5.76. The summed E-state index contributed by atoms with van der Waals surface area (Å²) < 4.78 is 34.0. The largest absolute Gasteiger partial charge is 0.355 e. The Hall–Kier alpha value is -2.58. The van der Waals surface area contributed by atoms with E-state index in [1.165, 1.54) is 12.1 Å². The van der Waals surface area contributed by atoms with Crippen molar-refractivity contribution in [3.63, 3.8) is 0 Å². The summed E-state index contributed by atoms with van der Waals surface area (Å²) in [7, 11) is 0. The van der Waals surface area contributed by atoms with Crippen LogP contribution in [-0.2, 0) is 0 Å². The van der Waals surface area contributed by atoms with E-state index in [1.54, 1.807) is 6.07 Å². The molecule has 0 unspecified atom stereocenters. The average Bonchev–Trinajstić information content (AvgIpc) is 3.42. The molecule has 156 valence electrons. The highest BCUT2D eigenvalue weighted by Crippen LogP contribution is 2.27. The minimum atomic E-state index is -0.622. The number of rotatable bonds is 6. The van der Waals surface area contributed by atoms with Crippen molar-refractivity contribution < 1.29 is 18.1 Å². The monoisotopic (exact) mass is 475 g/mol. The molecule has 0 spiro atoms. The molecule has 3 aromatic rings. The van der Waals surface area contributed by atoms with Crippen LogP contribution in [0.15, 0.2) is 57.5 Å². The van der Waals surface area contributed by atoms with Crippen molar-refractivity contribution >= 4 is 21.8 Å². The van der Waals surface area contributed by atoms with Crippen molar-refractivity contribution in [2.45, 2.75) is 18.9 Å². The number of carbonyl (C=O) groups is 1. The zero-order chi connectivity index (χ0) is 21.1. The Balaban J connectivity index is 1.48. The van der Waals surface area contributed by atoms with Gasteiger partial charge in [0.1, 0.15) is 11.6 Å². The summed E-state index contributed by atoms with van der Waals surface area (Å²) in [5.41, 5.74) is 1.31. The lowest BCUT2D eigenvalue weighted by Crippen LogP contribution is -2.37. The topological polar surface area (TPSA) is 58.4 Å². The van der Waals surface area contributed by atoms with Gasteiger partial charge in [0.2, 0.25) is 0 Å². The lowest BCUT2D eigenvalue weighted by atomic mass is 10.0. The number of benzene rings is 2. The van der Waals surface area contributed by atoms with E-state index >= 15 is 0 Å². The van der Waals surface area contributed by atoms with E-state index in [1.807, 2.05) is 24.3 Å². The smallest absolute Gasteiger partial charge is 0.273 e. The maximum Gasteiger partial charge on any atom is 0.273 e. The van der Waals surface area contributed by atoms with Gasteiger partial charge in [-0.25, -0.2) is 8.78 Å². The summed E-state index contributed by atoms with van der Waals surface area (Å²) in [5.74, 6) is -1.16. The van der Waals surface area contributed by atoms with Gasteiger partial charge < -0.3 is 9.84 Å². The second-order valence-electron chi connectivity index (χ2n) is 7.22. The minimum Gasteiger partial charge on any atom is -0.355 e. The molecule has 1 aromatic heterocycles. The number of carbonyl (C=O) groups excluding carboxylic acids is 1. The molecule has 1 N–H and O–H groups in total. The Morgan fingerprint density at radius 3 is 2.57 bits per heavy atom. The second-order valence-corrected chi connectivity index (χ2v) is 8.13. The zero-order valence-corrected chi connectivity index (χ0v) is 17.7. The number of amides is 1. The number of halogens is 3. The van der Waals surface area contributed by atoms with Gasteiger partial charge in [0.25, 0.3) is 5.91 Å². The average molecular weight is 476 g/mol. The van der Waals surface area contributed by atoms with Gasteiger partial charge >= 0.3 is 0 Å². The maximum atomic E-state index is 14.4. The Kier molecular flexibility index (Phi) is 6.24. The highest BCUT2D eigenvalue weighted by molar-refractivity contribution is 9.10. The molecule has 4 rings (SSSR count). The van der Waals surface area contributed by atoms with Crippen molar-refractivity contribution in [1.29, 1.82) is 0 Å². The molecule has 30 heavy (non-hydrogen) atoms. The molecule has 0 saturated carbocycles. The van der Waals surface area contributed by atoms with E-state index < -0.39 is 17.5 Å². The van der Waals surface area contributed by atoms with Crippen molar-refractivity contribution in [2.24, 2.45) is 0 Å². The fraction of sp³-hybridized carbons (Fsp3) is 0.273. The van der Waals surface area contributed by atoms with Crippen LogP contribution in [0.2, 0.25) is 0 Å². The summed E-state index contributed by atoms with van der Waals surface area (Å²) in [5, 5.41) is 6.68. The molecule has 1 fully saturated rings. The lowest BCUT2D eigenvalue weighted by Gasteiger charge is -2.28. The van der Waals surface area contributed by atoms with Crippen LogP contribution in [-0.4, -0.2) is 35.6 Å². The van der Waals surface area contributed by atoms with E-state index in [9.17, 15) is 13.6 Å². The number of hydrogen-bond acceptors (Lipinski definition) is 4. The van der Waals surface area contributed by atoms with Crippen LogP contribution in [0.3, 0.4) is 0 Å². The van der Waals surface area contributed by atoms with Gasteiger partial charge in [-0.1, -0.05) is 39.3 Å². The fourth-order valence-corrected chi connectivity index (χ4v) is 3.94. The summed E-state index contributed by atoms with van der Waals surface area (Å²) >= 11 is 3.37. The van der Waals surface area contributed by atoms with Gasteiger partial charge in [0.15, 0.2) is 11.5 Å². The lowest BCUT2D eigenvalue weighted by molar-refractivity contribution is 0.0928. The third-order valence-electron chi connectivity index (χ3n) is 5.23. The third kappa shape index (κ3) is 4.60. The molecule has 5 nitrogen and oxygen atoms in total. The van der Waals surface area contributed by atoms with Gasteiger partial charge in [-0.3, -0.25) is 9.69 Å². The molecule has 0 radical (unpaired) electrons. The zero-order valence-electron chi connectivity index (χ0n) is 16.1. The maximum absolute atomic E-state index is 14.4. The molecular weight excluding hydrogens is 456 g/mol. The number of aromatic nitrogens is 1. The van der Waals surface area contributed by atoms with Gasteiger partial charge in [0, 0.05) is 34.3 Å². The van der Waals surface area contributed by atoms with Gasteiger partial charge in [0.05, 0.1) is 6.04 Å². The van der Waals surface area contributed by atoms with E-state index in [-0.39, 0.29) is 18.3 Å². The molecule has 1 aliphatic rings. The van der Waals surface area contributed by atoms with Crippen LogP contribution >= 0.6 is 15.9 Å². The minimum absolute atomic E-state index is 0.146. The molecule has 1 aliphatic heterocycles. The van der Waals surface area contributed by atoms with Crippen molar-refractivity contribution in [3.05, 3.63) is 75.9 Å². The highest BCUT2D eigenvalue weighted by atomic mass is 79.9. The molecule has 2 aromatic carbocycles. The first-order valence-corrected chi connectivity index (χ1v) is 10.5. The quantitative estimate of drug-likeness (QED) is 0.547. The first-order chi connectivity index (χ1) is 14.5. The van der Waals surface area contributed by atoms with Crippen LogP contribution < -0.4 is 5.32 Å². The van der Waals surface area contributed by atoms with Gasteiger partial charge in [-0.05, 0) is 44.1 Å². The number of likely N-dealkylation sites (tertiary alicyclic amines) is 1. The Morgan fingerprint density at radius 2 is 1.87 bits per heavy atom. The number of nitrogens with one attached hydrogen (secondary N) is 1. The molecule has 0 aliphatic carbocycles. The summed E-state index contributed by atoms with van der Waals surface area (Å²) in [6.45, 7) is 1.78. The summed E-state index contributed by atoms with van der Waals surface area (Å²) in [6.07, 6.45) is 2.01. The van der Waals surface area contributed by atoms with E-state index in [0.29, 0.717) is 11.3 Å². The van der Waals surface area contributed by atoms with Gasteiger partial charge in [-0.2, -0.15) is 0 Å². The number of hydrogen-bond donors (Lipinski definition) is 1. The van der Waals surface area contributed by atoms with E-state index in [4.69, 9.17) is 4.52 Å². The molecule has 1 atom stereocenters. The SMILES string of the molecule is O=C(NC[C@@H](c1ccc(F)cc1F)N1CCCC1)c1cc(-c2ccc(Br)cc2)on1. The predicted octanol–water partition coefficient (Wildman–Crippen LogP) is 4.95. The molecule has 1 saturated heterocycles. The fourth-order valence-electron chi connectivity index (χ4n) is 3.67. The van der Waals surface area contributed by atoms with Crippen molar-refractivity contribution in [2.75, 3.05) is 19.6 Å². The Morgan fingerprint density at radius 1 is 1.13 bits per heavy atom. The summed E-state index contributed by atoms with van der Waals surface area (Å²) in [6, 6.07) is 12.2. The van der Waals surface area contributed by atoms with Crippen LogP contribution in [0, 0.1) is 11.6 Å². The Labute approximate surface area is 181 Å². The normalized spacial score (nSPS) is 15.3. The molecule has 8 heteroatoms. The molecule has 0 bridgehead atoms. The van der Waals surface area contributed by atoms with E-state index in [2.05, 4.69) is 31.3 Å². The van der Waals surface area contributed by atoms with E-state index in [0.717, 1.165) is 42.0 Å². The first kappa shape index (κ1) is 20.7. The number of nitrogens with zero attached hydrogens (tertiary/aromatic N) is 2. The summed E-state index contributed by atoms with van der Waals surface area (Å²) in [4.78, 5) is 14.7. The van der Waals surface area contributed by atoms with Crippen molar-refractivity contribution in [3.8, 4) is 11.3 Å². The predicted molar refractivity (Wildman–Crippen MR) is 112 cm³/mol. The first-order valence-electron chi connectivity index (χ1n) is 9.71. The van der Waals surface area contributed by atoms with Crippen LogP contribution in [0.5, 0.6) is 0 Å². The highest BCUT2D eigenvalue weighted by Gasteiger charge is 2.27. The van der Waals surface area contributed by atoms with Gasteiger partial charge in [-0.15, -0.1) is 0 Å².